The zero-order chi connectivity index (χ0) is 20.6. The molecule has 1 amide bonds. The minimum Gasteiger partial charge on any atom is -0.465 e. The first kappa shape index (κ1) is 21.1. The van der Waals surface area contributed by atoms with Crippen LogP contribution in [-0.4, -0.2) is 62.7 Å². The Morgan fingerprint density at radius 1 is 1.00 bits per heavy atom. The number of rotatable bonds is 7. The molecule has 0 bridgehead atoms. The van der Waals surface area contributed by atoms with Gasteiger partial charge in [0.05, 0.1) is 23.9 Å². The van der Waals surface area contributed by atoms with Crippen molar-refractivity contribution in [2.24, 2.45) is 0 Å². The van der Waals surface area contributed by atoms with Gasteiger partial charge in [-0.1, -0.05) is 41.9 Å². The van der Waals surface area contributed by atoms with Gasteiger partial charge >= 0.3 is 5.97 Å². The molecule has 0 aromatic heterocycles. The van der Waals surface area contributed by atoms with E-state index in [1.54, 1.807) is 6.92 Å². The van der Waals surface area contributed by atoms with E-state index >= 15 is 0 Å². The van der Waals surface area contributed by atoms with Gasteiger partial charge in [0, 0.05) is 31.9 Å². The molecule has 3 rings (SSSR count). The van der Waals surface area contributed by atoms with Gasteiger partial charge in [-0.15, -0.1) is 0 Å². The largest absolute Gasteiger partial charge is 0.465 e. The van der Waals surface area contributed by atoms with Gasteiger partial charge in [0.15, 0.2) is 0 Å². The van der Waals surface area contributed by atoms with Crippen LogP contribution in [0, 0.1) is 0 Å². The van der Waals surface area contributed by atoms with Gasteiger partial charge in [0.25, 0.3) is 0 Å². The minimum atomic E-state index is -0.409. The zero-order valence-corrected chi connectivity index (χ0v) is 17.3. The van der Waals surface area contributed by atoms with E-state index < -0.39 is 5.97 Å². The van der Waals surface area contributed by atoms with Gasteiger partial charge < -0.3 is 14.5 Å². The summed E-state index contributed by atoms with van der Waals surface area (Å²) >= 11 is 6.30. The number of para-hydroxylation sites is 2. The number of hydrogen-bond donors (Lipinski definition) is 0. The fourth-order valence-corrected chi connectivity index (χ4v) is 3.65. The average Bonchev–Trinajstić information content (AvgIpc) is 2.74. The minimum absolute atomic E-state index is 0.0870. The first-order valence-electron chi connectivity index (χ1n) is 9.81. The van der Waals surface area contributed by atoms with Gasteiger partial charge in [0.1, 0.15) is 6.54 Å². The second kappa shape index (κ2) is 10.3. The monoisotopic (exact) mass is 415 g/mol. The van der Waals surface area contributed by atoms with E-state index in [4.69, 9.17) is 16.3 Å². The predicted octanol–water partition coefficient (Wildman–Crippen LogP) is 3.06. The topological polar surface area (TPSA) is 53.1 Å². The maximum Gasteiger partial charge on any atom is 0.326 e. The number of hydrogen-bond acceptors (Lipinski definition) is 5. The van der Waals surface area contributed by atoms with E-state index in [2.05, 4.69) is 9.80 Å². The molecule has 2 aromatic rings. The van der Waals surface area contributed by atoms with Gasteiger partial charge in [-0.2, -0.15) is 0 Å². The van der Waals surface area contributed by atoms with Gasteiger partial charge in [-0.25, -0.2) is 0 Å². The third-order valence-corrected chi connectivity index (χ3v) is 5.21. The van der Waals surface area contributed by atoms with Crippen molar-refractivity contribution in [1.82, 2.24) is 4.90 Å². The third kappa shape index (κ3) is 5.71. The summed E-state index contributed by atoms with van der Waals surface area (Å²) in [6.45, 7) is 5.30. The lowest BCUT2D eigenvalue weighted by atomic mass is 10.2. The van der Waals surface area contributed by atoms with Crippen molar-refractivity contribution in [3.8, 4) is 0 Å². The van der Waals surface area contributed by atoms with Crippen LogP contribution in [0.1, 0.15) is 6.92 Å². The molecule has 0 radical (unpaired) electrons. The van der Waals surface area contributed by atoms with Crippen molar-refractivity contribution in [2.75, 3.05) is 55.7 Å². The molecule has 0 saturated carbocycles. The highest BCUT2D eigenvalue weighted by Crippen LogP contribution is 2.26. The number of benzene rings is 2. The Morgan fingerprint density at radius 3 is 2.31 bits per heavy atom. The Bertz CT molecular complexity index is 823. The van der Waals surface area contributed by atoms with Crippen molar-refractivity contribution >= 4 is 34.9 Å². The van der Waals surface area contributed by atoms with Crippen molar-refractivity contribution in [1.29, 1.82) is 0 Å². The van der Waals surface area contributed by atoms with Gasteiger partial charge in [-0.05, 0) is 31.2 Å². The number of amides is 1. The first-order valence-corrected chi connectivity index (χ1v) is 10.2. The summed E-state index contributed by atoms with van der Waals surface area (Å²) in [7, 11) is 0. The fourth-order valence-electron chi connectivity index (χ4n) is 3.40. The smallest absolute Gasteiger partial charge is 0.326 e. The van der Waals surface area contributed by atoms with Crippen LogP contribution in [0.3, 0.4) is 0 Å². The van der Waals surface area contributed by atoms with Crippen LogP contribution in [-0.2, 0) is 14.3 Å². The molecule has 1 saturated heterocycles. The Morgan fingerprint density at radius 2 is 1.66 bits per heavy atom. The molecule has 6 nitrogen and oxygen atoms in total. The Kier molecular flexibility index (Phi) is 7.49. The SMILES string of the molecule is CCOC(=O)CN(C(=O)CN1CCN(c2ccccc2Cl)CC1)c1ccccc1. The molecular formula is C22H26ClN3O3. The number of piperazine rings is 1. The van der Waals surface area contributed by atoms with Crippen molar-refractivity contribution in [3.63, 3.8) is 0 Å². The standard InChI is InChI=1S/C22H26ClN3O3/c1-2-29-22(28)17-26(18-8-4-3-5-9-18)21(27)16-24-12-14-25(15-13-24)20-11-7-6-10-19(20)23/h3-11H,2,12-17H2,1H3. The summed E-state index contributed by atoms with van der Waals surface area (Å²) in [5, 5.41) is 0.738. The summed E-state index contributed by atoms with van der Waals surface area (Å²) in [5.41, 5.74) is 1.72. The number of carbonyl (C=O) groups is 2. The maximum atomic E-state index is 13.0. The lowest BCUT2D eigenvalue weighted by Crippen LogP contribution is -2.51. The fraction of sp³-hybridized carbons (Fsp3) is 0.364. The first-order chi connectivity index (χ1) is 14.1. The Labute approximate surface area is 176 Å². The quantitative estimate of drug-likeness (QED) is 0.650. The molecule has 1 aliphatic rings. The van der Waals surface area contributed by atoms with Crippen molar-refractivity contribution < 1.29 is 14.3 Å². The maximum absolute atomic E-state index is 13.0. The lowest BCUT2D eigenvalue weighted by molar-refractivity contribution is -0.142. The molecule has 0 spiro atoms. The van der Waals surface area contributed by atoms with Crippen molar-refractivity contribution in [3.05, 3.63) is 59.6 Å². The van der Waals surface area contributed by atoms with Crippen LogP contribution in [0.5, 0.6) is 0 Å². The highest BCUT2D eigenvalue weighted by atomic mass is 35.5. The summed E-state index contributed by atoms with van der Waals surface area (Å²) in [4.78, 5) is 30.8. The molecule has 2 aromatic carbocycles. The number of anilines is 2. The highest BCUT2D eigenvalue weighted by molar-refractivity contribution is 6.33. The molecule has 0 unspecified atom stereocenters. The summed E-state index contributed by atoms with van der Waals surface area (Å²) in [6, 6.07) is 17.0. The summed E-state index contributed by atoms with van der Waals surface area (Å²) in [5.74, 6) is -0.524. The van der Waals surface area contributed by atoms with Crippen LogP contribution in [0.2, 0.25) is 5.02 Å². The number of esters is 1. The normalized spacial score (nSPS) is 14.5. The van der Waals surface area contributed by atoms with Gasteiger partial charge in [0.2, 0.25) is 5.91 Å². The van der Waals surface area contributed by atoms with Crippen molar-refractivity contribution in [2.45, 2.75) is 6.92 Å². The zero-order valence-electron chi connectivity index (χ0n) is 16.6. The van der Waals surface area contributed by atoms with Crippen LogP contribution in [0.4, 0.5) is 11.4 Å². The third-order valence-electron chi connectivity index (χ3n) is 4.89. The summed E-state index contributed by atoms with van der Waals surface area (Å²) in [6.07, 6.45) is 0. The van der Waals surface area contributed by atoms with Crippen LogP contribution in [0.15, 0.2) is 54.6 Å². The van der Waals surface area contributed by atoms with E-state index in [0.29, 0.717) is 12.3 Å². The van der Waals surface area contributed by atoms with Gasteiger partial charge in [-0.3, -0.25) is 14.5 Å². The second-order valence-electron chi connectivity index (χ2n) is 6.84. The number of nitrogens with zero attached hydrogens (tertiary/aromatic N) is 3. The molecule has 7 heteroatoms. The van der Waals surface area contributed by atoms with Crippen LogP contribution in [0.25, 0.3) is 0 Å². The predicted molar refractivity (Wildman–Crippen MR) is 116 cm³/mol. The average molecular weight is 416 g/mol. The van der Waals surface area contributed by atoms with Crippen LogP contribution < -0.4 is 9.80 Å². The molecule has 0 atom stereocenters. The lowest BCUT2D eigenvalue weighted by Gasteiger charge is -2.36. The van der Waals surface area contributed by atoms with E-state index in [0.717, 1.165) is 36.9 Å². The number of carbonyl (C=O) groups excluding carboxylic acids is 2. The molecule has 0 N–H and O–H groups in total. The molecule has 29 heavy (non-hydrogen) atoms. The van der Waals surface area contributed by atoms with Crippen LogP contribution >= 0.6 is 11.6 Å². The number of ether oxygens (including phenoxy) is 1. The molecular weight excluding hydrogens is 390 g/mol. The van der Waals surface area contributed by atoms with E-state index in [1.165, 1.54) is 4.90 Å². The van der Waals surface area contributed by atoms with E-state index in [-0.39, 0.29) is 19.0 Å². The molecule has 154 valence electrons. The molecule has 1 fully saturated rings. The summed E-state index contributed by atoms with van der Waals surface area (Å²) < 4.78 is 5.04. The Balaban J connectivity index is 1.61. The number of halogens is 1. The highest BCUT2D eigenvalue weighted by Gasteiger charge is 2.25. The molecule has 0 aliphatic carbocycles. The second-order valence-corrected chi connectivity index (χ2v) is 7.24. The Hall–Kier alpha value is -2.57. The molecule has 1 aliphatic heterocycles. The van der Waals surface area contributed by atoms with E-state index in [9.17, 15) is 9.59 Å². The molecule has 1 heterocycles. The van der Waals surface area contributed by atoms with E-state index in [1.807, 2.05) is 54.6 Å².